The number of halogens is 1. The molecular formula is C30H24ClNO7. The number of esters is 1. The summed E-state index contributed by atoms with van der Waals surface area (Å²) in [6.45, 7) is 7.37. The Balaban J connectivity index is 1.37. The normalized spacial score (nSPS) is 13.5. The summed E-state index contributed by atoms with van der Waals surface area (Å²) in [4.78, 5) is 52.5. The van der Waals surface area contributed by atoms with E-state index in [2.05, 4.69) is 0 Å². The number of carbonyl (C=O) groups excluding carboxylic acids is 3. The third-order valence-corrected chi connectivity index (χ3v) is 7.34. The fourth-order valence-electron chi connectivity index (χ4n) is 4.45. The van der Waals surface area contributed by atoms with Crippen molar-refractivity contribution >= 4 is 40.4 Å². The zero-order valence-corrected chi connectivity index (χ0v) is 22.4. The number of hydrogen-bond acceptors (Lipinski definition) is 7. The van der Waals surface area contributed by atoms with Crippen LogP contribution in [0.3, 0.4) is 0 Å². The Hall–Kier alpha value is -4.43. The predicted octanol–water partition coefficient (Wildman–Crippen LogP) is 6.47. The molecule has 5 rings (SSSR count). The number of benzene rings is 3. The van der Waals surface area contributed by atoms with Gasteiger partial charge < -0.3 is 13.9 Å². The second kappa shape index (κ2) is 10.0. The second-order valence-electron chi connectivity index (χ2n) is 9.45. The lowest BCUT2D eigenvalue weighted by Crippen LogP contribution is -2.37. The van der Waals surface area contributed by atoms with Gasteiger partial charge in [-0.3, -0.25) is 19.3 Å². The predicted molar refractivity (Wildman–Crippen MR) is 145 cm³/mol. The molecule has 0 saturated carbocycles. The Morgan fingerprint density at radius 2 is 1.64 bits per heavy atom. The smallest absolute Gasteiger partial charge is 0.343 e. The van der Waals surface area contributed by atoms with Gasteiger partial charge in [-0.05, 0) is 80.8 Å². The highest BCUT2D eigenvalue weighted by atomic mass is 35.5. The minimum Gasteiger partial charge on any atom is -0.460 e. The van der Waals surface area contributed by atoms with E-state index in [1.807, 2.05) is 20.8 Å². The molecule has 198 valence electrons. The highest BCUT2D eigenvalue weighted by Crippen LogP contribution is 2.30. The maximum atomic E-state index is 13.0. The van der Waals surface area contributed by atoms with Gasteiger partial charge in [0, 0.05) is 17.1 Å². The summed E-state index contributed by atoms with van der Waals surface area (Å²) >= 11 is 6.21. The van der Waals surface area contributed by atoms with E-state index in [1.165, 1.54) is 47.6 Å². The second-order valence-corrected chi connectivity index (χ2v) is 9.83. The van der Waals surface area contributed by atoms with E-state index in [-0.39, 0.29) is 51.1 Å². The van der Waals surface area contributed by atoms with Crippen molar-refractivity contribution in [1.82, 2.24) is 4.90 Å². The molecule has 0 spiro atoms. The van der Waals surface area contributed by atoms with Crippen molar-refractivity contribution in [1.29, 1.82) is 0 Å². The molecule has 0 saturated heterocycles. The third-order valence-electron chi connectivity index (χ3n) is 6.75. The lowest BCUT2D eigenvalue weighted by atomic mass is 10.1. The van der Waals surface area contributed by atoms with Crippen LogP contribution in [-0.2, 0) is 0 Å². The highest BCUT2D eigenvalue weighted by Gasteiger charge is 2.38. The maximum Gasteiger partial charge on any atom is 0.343 e. The van der Waals surface area contributed by atoms with Gasteiger partial charge in [-0.15, -0.1) is 0 Å². The Labute approximate surface area is 228 Å². The molecule has 2 amide bonds. The summed E-state index contributed by atoms with van der Waals surface area (Å²) in [6, 6.07) is 11.8. The lowest BCUT2D eigenvalue weighted by molar-refractivity contribution is 0.0593. The van der Waals surface area contributed by atoms with Crippen molar-refractivity contribution in [3.63, 3.8) is 0 Å². The molecule has 0 bridgehead atoms. The van der Waals surface area contributed by atoms with E-state index in [0.29, 0.717) is 17.2 Å². The van der Waals surface area contributed by atoms with E-state index in [1.54, 1.807) is 19.1 Å². The molecule has 4 aromatic rings. The first-order chi connectivity index (χ1) is 18.6. The fourth-order valence-corrected chi connectivity index (χ4v) is 4.56. The third kappa shape index (κ3) is 4.68. The van der Waals surface area contributed by atoms with Crippen LogP contribution in [-0.4, -0.2) is 28.7 Å². The Morgan fingerprint density at radius 3 is 2.33 bits per heavy atom. The number of carbonyl (C=O) groups is 3. The molecule has 0 N–H and O–H groups in total. The molecular weight excluding hydrogens is 522 g/mol. The molecule has 0 radical (unpaired) electrons. The molecule has 1 aliphatic rings. The number of imide groups is 1. The number of rotatable bonds is 6. The topological polar surface area (TPSA) is 103 Å². The number of ether oxygens (including phenoxy) is 2. The van der Waals surface area contributed by atoms with Crippen molar-refractivity contribution in [3.8, 4) is 17.2 Å². The molecule has 1 atom stereocenters. The molecule has 1 aromatic heterocycles. The molecule has 9 heteroatoms. The summed E-state index contributed by atoms with van der Waals surface area (Å²) in [7, 11) is 0. The van der Waals surface area contributed by atoms with Crippen molar-refractivity contribution < 1.29 is 28.3 Å². The number of amides is 2. The zero-order chi connectivity index (χ0) is 28.0. The first-order valence-corrected chi connectivity index (χ1v) is 12.7. The van der Waals surface area contributed by atoms with Crippen LogP contribution in [0.2, 0.25) is 5.02 Å². The largest absolute Gasteiger partial charge is 0.460 e. The average Bonchev–Trinajstić information content (AvgIpc) is 3.17. The quantitative estimate of drug-likeness (QED) is 0.155. The average molecular weight is 546 g/mol. The highest BCUT2D eigenvalue weighted by molar-refractivity contribution is 6.32. The first kappa shape index (κ1) is 26.2. The molecule has 0 fully saturated rings. The Kier molecular flexibility index (Phi) is 6.74. The molecule has 1 unspecified atom stereocenters. The zero-order valence-electron chi connectivity index (χ0n) is 21.7. The molecule has 3 aromatic carbocycles. The molecule has 0 aliphatic carbocycles. The van der Waals surface area contributed by atoms with Gasteiger partial charge in [0.1, 0.15) is 23.3 Å². The number of hydrogen-bond donors (Lipinski definition) is 0. The Bertz CT molecular complexity index is 1720. The fraction of sp³-hybridized carbons (Fsp3) is 0.200. The summed E-state index contributed by atoms with van der Waals surface area (Å²) in [5, 5.41) is 0.865. The molecule has 39 heavy (non-hydrogen) atoms. The van der Waals surface area contributed by atoms with Gasteiger partial charge in [-0.1, -0.05) is 18.5 Å². The minimum atomic E-state index is -0.727. The van der Waals surface area contributed by atoms with Crippen molar-refractivity contribution in [2.45, 2.75) is 40.2 Å². The SMILES string of the molecule is CCC(C)N1C(=O)c2ccc(C(=O)Oc3ccc4c(=O)c(Oc5cc(C)c(Cl)c(C)c5)coc4c3)cc2C1=O. The van der Waals surface area contributed by atoms with Gasteiger partial charge >= 0.3 is 5.97 Å². The van der Waals surface area contributed by atoms with Crippen molar-refractivity contribution in [2.75, 3.05) is 0 Å². The standard InChI is InChI=1S/C30H24ClNO7/c1-5-17(4)32-28(34)21-8-6-18(12-23(21)29(32)35)30(36)39-19-7-9-22-24(13-19)37-14-25(27(22)33)38-20-10-15(2)26(31)16(3)11-20/h6-14,17H,5H2,1-4H3. The van der Waals surface area contributed by atoms with E-state index in [9.17, 15) is 19.2 Å². The molecule has 8 nitrogen and oxygen atoms in total. The lowest BCUT2D eigenvalue weighted by Gasteiger charge is -2.20. The molecule has 2 heterocycles. The summed E-state index contributed by atoms with van der Waals surface area (Å²) in [6.07, 6.45) is 1.81. The summed E-state index contributed by atoms with van der Waals surface area (Å²) in [5.74, 6) is -0.954. The minimum absolute atomic E-state index is 0.00263. The van der Waals surface area contributed by atoms with Crippen LogP contribution in [0.1, 0.15) is 62.5 Å². The van der Waals surface area contributed by atoms with Crippen LogP contribution >= 0.6 is 11.6 Å². The van der Waals surface area contributed by atoms with E-state index in [0.717, 1.165) is 11.1 Å². The summed E-state index contributed by atoms with van der Waals surface area (Å²) in [5.41, 5.74) is 1.96. The van der Waals surface area contributed by atoms with E-state index < -0.39 is 17.3 Å². The van der Waals surface area contributed by atoms with E-state index in [4.69, 9.17) is 25.5 Å². The van der Waals surface area contributed by atoms with Crippen molar-refractivity contribution in [2.24, 2.45) is 0 Å². The van der Waals surface area contributed by atoms with E-state index >= 15 is 0 Å². The van der Waals surface area contributed by atoms with Crippen LogP contribution in [0, 0.1) is 13.8 Å². The maximum absolute atomic E-state index is 13.0. The summed E-state index contributed by atoms with van der Waals surface area (Å²) < 4.78 is 16.8. The van der Waals surface area contributed by atoms with Gasteiger partial charge in [0.15, 0.2) is 0 Å². The van der Waals surface area contributed by atoms with Crippen LogP contribution in [0.5, 0.6) is 17.2 Å². The van der Waals surface area contributed by atoms with Crippen molar-refractivity contribution in [3.05, 3.63) is 97.9 Å². The number of fused-ring (bicyclic) bond motifs is 2. The van der Waals surface area contributed by atoms with Crippen LogP contribution < -0.4 is 14.9 Å². The molecule has 1 aliphatic heterocycles. The van der Waals surface area contributed by atoms with Crippen LogP contribution in [0.15, 0.2) is 64.0 Å². The van der Waals surface area contributed by atoms with Crippen LogP contribution in [0.4, 0.5) is 0 Å². The van der Waals surface area contributed by atoms with Crippen LogP contribution in [0.25, 0.3) is 11.0 Å². The number of aryl methyl sites for hydroxylation is 2. The van der Waals surface area contributed by atoms with Gasteiger partial charge in [-0.25, -0.2) is 4.79 Å². The monoisotopic (exact) mass is 545 g/mol. The van der Waals surface area contributed by atoms with Gasteiger partial charge in [0.2, 0.25) is 11.2 Å². The van der Waals surface area contributed by atoms with Gasteiger partial charge in [0.25, 0.3) is 11.8 Å². The first-order valence-electron chi connectivity index (χ1n) is 12.3. The Morgan fingerprint density at radius 1 is 0.949 bits per heavy atom. The van der Waals surface area contributed by atoms with Gasteiger partial charge in [-0.2, -0.15) is 0 Å². The number of nitrogens with zero attached hydrogens (tertiary/aromatic N) is 1. The van der Waals surface area contributed by atoms with Gasteiger partial charge in [0.05, 0.1) is 22.1 Å².